The summed E-state index contributed by atoms with van der Waals surface area (Å²) in [5.74, 6) is 1.66. The number of esters is 1. The first kappa shape index (κ1) is 28.1. The Kier molecular flexibility index (Phi) is 13.0. The van der Waals surface area contributed by atoms with Gasteiger partial charge in [-0.1, -0.05) is 115 Å². The summed E-state index contributed by atoms with van der Waals surface area (Å²) >= 11 is 0. The van der Waals surface area contributed by atoms with Crippen LogP contribution in [0.2, 0.25) is 0 Å². The van der Waals surface area contributed by atoms with Gasteiger partial charge in [0.1, 0.15) is 0 Å². The third-order valence-electron chi connectivity index (χ3n) is 7.31. The molecule has 0 bridgehead atoms. The molecule has 2 nitrogen and oxygen atoms in total. The van der Waals surface area contributed by atoms with Crippen LogP contribution < -0.4 is 0 Å². The summed E-state index contributed by atoms with van der Waals surface area (Å²) in [6.45, 7) is 11.8. The van der Waals surface area contributed by atoms with E-state index < -0.39 is 0 Å². The Hall–Kier alpha value is -2.09. The lowest BCUT2D eigenvalue weighted by Crippen LogP contribution is -2.27. The molecule has 0 N–H and O–H groups in total. The van der Waals surface area contributed by atoms with Crippen LogP contribution in [0.1, 0.15) is 109 Å². The standard InChI is InChI=1S/C32H48O2/c1-6-9-16-26(7-2)24-34-32(33)31(30(8-3)28-19-14-11-15-20-28)22-21-29(23-25(4)5)27-17-12-10-13-18-27/h10-15,17-20,25-26,29-31H,6-9,16,21-24H2,1-5H3. The van der Waals surface area contributed by atoms with Crippen molar-refractivity contribution in [1.29, 1.82) is 0 Å². The van der Waals surface area contributed by atoms with Crippen LogP contribution in [-0.2, 0) is 9.53 Å². The van der Waals surface area contributed by atoms with Crippen molar-refractivity contribution in [2.45, 2.75) is 97.8 Å². The normalized spacial score (nSPS) is 15.0. The minimum absolute atomic E-state index is 0.00186. The molecular formula is C32H48O2. The zero-order valence-electron chi connectivity index (χ0n) is 22.3. The van der Waals surface area contributed by atoms with Gasteiger partial charge in [0.05, 0.1) is 12.5 Å². The van der Waals surface area contributed by atoms with Gasteiger partial charge in [-0.3, -0.25) is 4.79 Å². The van der Waals surface area contributed by atoms with E-state index in [4.69, 9.17) is 4.74 Å². The van der Waals surface area contributed by atoms with Gasteiger partial charge in [-0.15, -0.1) is 0 Å². The average Bonchev–Trinajstić information content (AvgIpc) is 2.86. The molecule has 0 heterocycles. The van der Waals surface area contributed by atoms with Crippen molar-refractivity contribution >= 4 is 5.97 Å². The van der Waals surface area contributed by atoms with E-state index >= 15 is 0 Å². The third-order valence-corrected chi connectivity index (χ3v) is 7.31. The van der Waals surface area contributed by atoms with Gasteiger partial charge in [-0.05, 0) is 66.9 Å². The van der Waals surface area contributed by atoms with Crippen molar-refractivity contribution in [2.24, 2.45) is 17.8 Å². The molecule has 34 heavy (non-hydrogen) atoms. The Bertz CT molecular complexity index is 783. The molecule has 2 aromatic carbocycles. The minimum Gasteiger partial charge on any atom is -0.465 e. The fourth-order valence-corrected chi connectivity index (χ4v) is 5.24. The van der Waals surface area contributed by atoms with Crippen molar-refractivity contribution in [3.05, 3.63) is 71.8 Å². The van der Waals surface area contributed by atoms with E-state index in [1.165, 1.54) is 24.0 Å². The maximum Gasteiger partial charge on any atom is 0.309 e. The SMILES string of the molecule is CCCCC(CC)COC(=O)C(CCC(CC(C)C)c1ccccc1)C(CC)c1ccccc1. The average molecular weight is 465 g/mol. The first-order valence-electron chi connectivity index (χ1n) is 13.8. The van der Waals surface area contributed by atoms with E-state index in [1.54, 1.807) is 0 Å². The van der Waals surface area contributed by atoms with Gasteiger partial charge in [0.2, 0.25) is 0 Å². The van der Waals surface area contributed by atoms with Crippen molar-refractivity contribution in [2.75, 3.05) is 6.61 Å². The highest BCUT2D eigenvalue weighted by molar-refractivity contribution is 5.73. The molecule has 0 radical (unpaired) electrons. The van der Waals surface area contributed by atoms with E-state index in [0.717, 1.165) is 38.5 Å². The molecule has 2 aromatic rings. The summed E-state index contributed by atoms with van der Waals surface area (Å²) in [5.41, 5.74) is 2.65. The molecule has 2 heteroatoms. The van der Waals surface area contributed by atoms with E-state index in [1.807, 2.05) is 0 Å². The van der Waals surface area contributed by atoms with Gasteiger partial charge < -0.3 is 4.74 Å². The molecule has 0 saturated heterocycles. The smallest absolute Gasteiger partial charge is 0.309 e. The second kappa shape index (κ2) is 15.7. The Balaban J connectivity index is 2.20. The fraction of sp³-hybridized carbons (Fsp3) is 0.594. The first-order chi connectivity index (χ1) is 16.5. The molecule has 0 aliphatic rings. The summed E-state index contributed by atoms with van der Waals surface area (Å²) in [7, 11) is 0. The molecule has 0 amide bonds. The number of unbranched alkanes of at least 4 members (excludes halogenated alkanes) is 1. The maximum absolute atomic E-state index is 13.6. The molecule has 0 spiro atoms. The van der Waals surface area contributed by atoms with Crippen LogP contribution >= 0.6 is 0 Å². The van der Waals surface area contributed by atoms with Gasteiger partial charge in [0.25, 0.3) is 0 Å². The van der Waals surface area contributed by atoms with E-state index in [-0.39, 0.29) is 17.8 Å². The van der Waals surface area contributed by atoms with Gasteiger partial charge >= 0.3 is 5.97 Å². The van der Waals surface area contributed by atoms with Crippen LogP contribution in [0.5, 0.6) is 0 Å². The number of carbonyl (C=O) groups is 1. The zero-order chi connectivity index (χ0) is 24.8. The Labute approximate surface area is 209 Å². The summed E-state index contributed by atoms with van der Waals surface area (Å²) < 4.78 is 6.04. The molecule has 0 aromatic heterocycles. The van der Waals surface area contributed by atoms with E-state index in [9.17, 15) is 4.79 Å². The highest BCUT2D eigenvalue weighted by Crippen LogP contribution is 2.37. The van der Waals surface area contributed by atoms with Gasteiger partial charge in [0.15, 0.2) is 0 Å². The van der Waals surface area contributed by atoms with Gasteiger partial charge in [0, 0.05) is 0 Å². The lowest BCUT2D eigenvalue weighted by Gasteiger charge is -2.28. The molecule has 188 valence electrons. The summed E-state index contributed by atoms with van der Waals surface area (Å²) in [5, 5.41) is 0. The molecule has 2 rings (SSSR count). The lowest BCUT2D eigenvalue weighted by atomic mass is 9.78. The van der Waals surface area contributed by atoms with E-state index in [2.05, 4.69) is 95.3 Å². The zero-order valence-corrected chi connectivity index (χ0v) is 22.3. The van der Waals surface area contributed by atoms with Crippen molar-refractivity contribution in [3.8, 4) is 0 Å². The predicted molar refractivity (Wildman–Crippen MR) is 145 cm³/mol. The highest BCUT2D eigenvalue weighted by atomic mass is 16.5. The molecule has 4 atom stereocenters. The molecule has 0 aliphatic heterocycles. The lowest BCUT2D eigenvalue weighted by molar-refractivity contribution is -0.151. The van der Waals surface area contributed by atoms with Crippen molar-refractivity contribution in [3.63, 3.8) is 0 Å². The Morgan fingerprint density at radius 2 is 1.41 bits per heavy atom. The van der Waals surface area contributed by atoms with Crippen molar-refractivity contribution < 1.29 is 9.53 Å². The van der Waals surface area contributed by atoms with E-state index in [0.29, 0.717) is 24.4 Å². The predicted octanol–water partition coefficient (Wildman–Crippen LogP) is 9.17. The van der Waals surface area contributed by atoms with Crippen LogP contribution in [0.25, 0.3) is 0 Å². The number of hydrogen-bond donors (Lipinski definition) is 0. The van der Waals surface area contributed by atoms with Crippen LogP contribution in [0.15, 0.2) is 60.7 Å². The number of benzene rings is 2. The van der Waals surface area contributed by atoms with Gasteiger partial charge in [-0.2, -0.15) is 0 Å². The van der Waals surface area contributed by atoms with Crippen LogP contribution in [0.3, 0.4) is 0 Å². The van der Waals surface area contributed by atoms with Crippen LogP contribution in [-0.4, -0.2) is 12.6 Å². The second-order valence-corrected chi connectivity index (χ2v) is 10.4. The second-order valence-electron chi connectivity index (χ2n) is 10.4. The maximum atomic E-state index is 13.6. The highest BCUT2D eigenvalue weighted by Gasteiger charge is 2.31. The quantitative estimate of drug-likeness (QED) is 0.231. The Morgan fingerprint density at radius 3 is 1.94 bits per heavy atom. The summed E-state index contributed by atoms with van der Waals surface area (Å²) in [6, 6.07) is 21.4. The third kappa shape index (κ3) is 9.28. The fourth-order valence-electron chi connectivity index (χ4n) is 5.24. The summed E-state index contributed by atoms with van der Waals surface area (Å²) in [6.07, 6.45) is 8.57. The number of rotatable bonds is 16. The van der Waals surface area contributed by atoms with Crippen LogP contribution in [0.4, 0.5) is 0 Å². The molecule has 0 saturated carbocycles. The topological polar surface area (TPSA) is 26.3 Å². The first-order valence-corrected chi connectivity index (χ1v) is 13.8. The minimum atomic E-state index is -0.102. The molecule has 0 fully saturated rings. The van der Waals surface area contributed by atoms with Crippen LogP contribution in [0, 0.1) is 17.8 Å². The van der Waals surface area contributed by atoms with Crippen molar-refractivity contribution in [1.82, 2.24) is 0 Å². The summed E-state index contributed by atoms with van der Waals surface area (Å²) in [4.78, 5) is 13.6. The molecule has 0 aliphatic carbocycles. The largest absolute Gasteiger partial charge is 0.465 e. The molecular weight excluding hydrogens is 416 g/mol. The van der Waals surface area contributed by atoms with Gasteiger partial charge in [-0.25, -0.2) is 0 Å². The molecule has 4 unspecified atom stereocenters. The monoisotopic (exact) mass is 464 g/mol. The number of hydrogen-bond acceptors (Lipinski definition) is 2. The number of ether oxygens (including phenoxy) is 1. The Morgan fingerprint density at radius 1 is 0.794 bits per heavy atom. The number of carbonyl (C=O) groups excluding carboxylic acids is 1.